The minimum absolute atomic E-state index is 0.448. The molecular weight excluding hydrogens is 244 g/mol. The predicted molar refractivity (Wildman–Crippen MR) is 77.8 cm³/mol. The molecule has 0 radical (unpaired) electrons. The highest BCUT2D eigenvalue weighted by Crippen LogP contribution is 2.28. The van der Waals surface area contributed by atoms with Gasteiger partial charge in [0.1, 0.15) is 0 Å². The number of benzene rings is 1. The van der Waals surface area contributed by atoms with Crippen molar-refractivity contribution in [3.8, 4) is 0 Å². The largest absolute Gasteiger partial charge is 0.330 e. The van der Waals surface area contributed by atoms with E-state index in [-0.39, 0.29) is 0 Å². The molecule has 3 heteroatoms. The normalized spacial score (nSPS) is 22.9. The van der Waals surface area contributed by atoms with Crippen LogP contribution < -0.4 is 5.73 Å². The highest BCUT2D eigenvalue weighted by molar-refractivity contribution is 6.30. The highest BCUT2D eigenvalue weighted by Gasteiger charge is 2.23. The fourth-order valence-corrected chi connectivity index (χ4v) is 3.10. The van der Waals surface area contributed by atoms with E-state index in [1.165, 1.54) is 31.5 Å². The number of rotatable bonds is 4. The molecule has 0 aromatic heterocycles. The molecule has 0 saturated carbocycles. The molecule has 1 aromatic rings. The summed E-state index contributed by atoms with van der Waals surface area (Å²) in [5.41, 5.74) is 6.99. The zero-order chi connectivity index (χ0) is 13.0. The van der Waals surface area contributed by atoms with Gasteiger partial charge in [-0.05, 0) is 62.9 Å². The molecular formula is C15H23ClN2. The molecule has 100 valence electrons. The van der Waals surface area contributed by atoms with E-state index in [0.29, 0.717) is 6.04 Å². The Kier molecular flexibility index (Phi) is 5.04. The Balaban J connectivity index is 2.02. The van der Waals surface area contributed by atoms with Crippen LogP contribution in [0.3, 0.4) is 0 Å². The van der Waals surface area contributed by atoms with Gasteiger partial charge in [-0.3, -0.25) is 4.90 Å². The van der Waals surface area contributed by atoms with Gasteiger partial charge in [-0.2, -0.15) is 0 Å². The third kappa shape index (κ3) is 3.47. The van der Waals surface area contributed by atoms with Crippen LogP contribution in [-0.4, -0.2) is 24.5 Å². The SMILES string of the molecule is CC(c1cccc(Cl)c1)N1CCCC(CCN)C1. The van der Waals surface area contributed by atoms with Gasteiger partial charge < -0.3 is 5.73 Å². The number of halogens is 1. The monoisotopic (exact) mass is 266 g/mol. The van der Waals surface area contributed by atoms with Crippen LogP contribution >= 0.6 is 11.6 Å². The Hall–Kier alpha value is -0.570. The fourth-order valence-electron chi connectivity index (χ4n) is 2.90. The van der Waals surface area contributed by atoms with Crippen molar-refractivity contribution in [3.05, 3.63) is 34.9 Å². The molecule has 2 rings (SSSR count). The van der Waals surface area contributed by atoms with E-state index in [1.54, 1.807) is 0 Å². The third-order valence-corrected chi connectivity index (χ3v) is 4.24. The number of hydrogen-bond acceptors (Lipinski definition) is 2. The second-order valence-corrected chi connectivity index (χ2v) is 5.75. The highest BCUT2D eigenvalue weighted by atomic mass is 35.5. The zero-order valence-corrected chi connectivity index (χ0v) is 11.9. The van der Waals surface area contributed by atoms with Crippen LogP contribution in [0.15, 0.2) is 24.3 Å². The van der Waals surface area contributed by atoms with Crippen molar-refractivity contribution in [3.63, 3.8) is 0 Å². The summed E-state index contributed by atoms with van der Waals surface area (Å²) in [6.07, 6.45) is 3.77. The maximum atomic E-state index is 6.07. The topological polar surface area (TPSA) is 29.3 Å². The third-order valence-electron chi connectivity index (χ3n) is 4.00. The summed E-state index contributed by atoms with van der Waals surface area (Å²) >= 11 is 6.07. The van der Waals surface area contributed by atoms with Crippen molar-refractivity contribution >= 4 is 11.6 Å². The van der Waals surface area contributed by atoms with Crippen LogP contribution in [0.1, 0.15) is 37.8 Å². The Morgan fingerprint density at radius 3 is 3.06 bits per heavy atom. The van der Waals surface area contributed by atoms with Gasteiger partial charge in [0.15, 0.2) is 0 Å². The van der Waals surface area contributed by atoms with Gasteiger partial charge in [-0.15, -0.1) is 0 Å². The van der Waals surface area contributed by atoms with Crippen molar-refractivity contribution in [2.75, 3.05) is 19.6 Å². The van der Waals surface area contributed by atoms with E-state index in [0.717, 1.165) is 23.9 Å². The number of nitrogens with two attached hydrogens (primary N) is 1. The molecule has 18 heavy (non-hydrogen) atoms. The first-order chi connectivity index (χ1) is 8.70. The van der Waals surface area contributed by atoms with Crippen molar-refractivity contribution in [1.29, 1.82) is 0 Å². The minimum atomic E-state index is 0.448. The summed E-state index contributed by atoms with van der Waals surface area (Å²) in [6, 6.07) is 8.67. The summed E-state index contributed by atoms with van der Waals surface area (Å²) in [5, 5.41) is 0.829. The van der Waals surface area contributed by atoms with Crippen LogP contribution in [0.5, 0.6) is 0 Å². The van der Waals surface area contributed by atoms with Crippen LogP contribution in [-0.2, 0) is 0 Å². The van der Waals surface area contributed by atoms with Gasteiger partial charge in [0.2, 0.25) is 0 Å². The van der Waals surface area contributed by atoms with Gasteiger partial charge in [0, 0.05) is 17.6 Å². The second kappa shape index (κ2) is 6.55. The summed E-state index contributed by atoms with van der Waals surface area (Å²) in [6.45, 7) is 5.44. The number of nitrogens with zero attached hydrogens (tertiary/aromatic N) is 1. The summed E-state index contributed by atoms with van der Waals surface area (Å²) < 4.78 is 0. The molecule has 1 saturated heterocycles. The minimum Gasteiger partial charge on any atom is -0.330 e. The van der Waals surface area contributed by atoms with Crippen LogP contribution in [0.25, 0.3) is 0 Å². The lowest BCUT2D eigenvalue weighted by atomic mass is 9.93. The number of hydrogen-bond donors (Lipinski definition) is 1. The smallest absolute Gasteiger partial charge is 0.0409 e. The molecule has 2 nitrogen and oxygen atoms in total. The molecule has 1 fully saturated rings. The molecule has 0 aliphatic carbocycles. The van der Waals surface area contributed by atoms with Crippen LogP contribution in [0, 0.1) is 5.92 Å². The van der Waals surface area contributed by atoms with E-state index >= 15 is 0 Å². The summed E-state index contributed by atoms with van der Waals surface area (Å²) in [5.74, 6) is 0.769. The molecule has 1 heterocycles. The van der Waals surface area contributed by atoms with Gasteiger partial charge in [-0.25, -0.2) is 0 Å². The summed E-state index contributed by atoms with van der Waals surface area (Å²) in [7, 11) is 0. The van der Waals surface area contributed by atoms with E-state index in [9.17, 15) is 0 Å². The second-order valence-electron chi connectivity index (χ2n) is 5.31. The lowest BCUT2D eigenvalue weighted by Gasteiger charge is -2.37. The standard InChI is InChI=1S/C15H23ClN2/c1-12(14-5-2-6-15(16)10-14)18-9-3-4-13(11-18)7-8-17/h2,5-6,10,12-13H,3-4,7-9,11,17H2,1H3. The average Bonchev–Trinajstić information content (AvgIpc) is 2.39. The molecule has 2 unspecified atom stereocenters. The lowest BCUT2D eigenvalue weighted by Crippen LogP contribution is -2.37. The van der Waals surface area contributed by atoms with E-state index in [1.807, 2.05) is 12.1 Å². The van der Waals surface area contributed by atoms with Gasteiger partial charge in [-0.1, -0.05) is 23.7 Å². The van der Waals surface area contributed by atoms with Crippen molar-refractivity contribution < 1.29 is 0 Å². The first-order valence-electron chi connectivity index (χ1n) is 6.90. The van der Waals surface area contributed by atoms with Gasteiger partial charge >= 0.3 is 0 Å². The fraction of sp³-hybridized carbons (Fsp3) is 0.600. The van der Waals surface area contributed by atoms with Crippen molar-refractivity contribution in [2.24, 2.45) is 11.7 Å². The Morgan fingerprint density at radius 1 is 1.50 bits per heavy atom. The van der Waals surface area contributed by atoms with Crippen LogP contribution in [0.2, 0.25) is 5.02 Å². The Morgan fingerprint density at radius 2 is 2.33 bits per heavy atom. The molecule has 0 amide bonds. The Labute approximate surface area is 115 Å². The number of likely N-dealkylation sites (tertiary alicyclic amines) is 1. The van der Waals surface area contributed by atoms with E-state index in [4.69, 9.17) is 17.3 Å². The molecule has 2 atom stereocenters. The molecule has 2 N–H and O–H groups in total. The molecule has 1 aliphatic heterocycles. The maximum Gasteiger partial charge on any atom is 0.0409 e. The lowest BCUT2D eigenvalue weighted by molar-refractivity contribution is 0.128. The molecule has 1 aromatic carbocycles. The predicted octanol–water partition coefficient (Wildman–Crippen LogP) is 3.46. The van der Waals surface area contributed by atoms with Crippen LogP contribution in [0.4, 0.5) is 0 Å². The van der Waals surface area contributed by atoms with Crippen molar-refractivity contribution in [1.82, 2.24) is 4.90 Å². The van der Waals surface area contributed by atoms with Gasteiger partial charge in [0.05, 0.1) is 0 Å². The first kappa shape index (κ1) is 13.9. The number of piperidine rings is 1. The molecule has 0 spiro atoms. The Bertz CT molecular complexity index is 379. The zero-order valence-electron chi connectivity index (χ0n) is 11.1. The van der Waals surface area contributed by atoms with Crippen molar-refractivity contribution in [2.45, 2.75) is 32.2 Å². The quantitative estimate of drug-likeness (QED) is 0.904. The van der Waals surface area contributed by atoms with Gasteiger partial charge in [0.25, 0.3) is 0 Å². The van der Waals surface area contributed by atoms with E-state index in [2.05, 4.69) is 24.0 Å². The first-order valence-corrected chi connectivity index (χ1v) is 7.28. The molecule has 1 aliphatic rings. The maximum absolute atomic E-state index is 6.07. The average molecular weight is 267 g/mol. The van der Waals surface area contributed by atoms with E-state index < -0.39 is 0 Å². The summed E-state index contributed by atoms with van der Waals surface area (Å²) in [4.78, 5) is 2.56. The molecule has 0 bridgehead atoms.